The number of hydrogen-bond acceptors (Lipinski definition) is 3. The second-order valence-corrected chi connectivity index (χ2v) is 5.30. The lowest BCUT2D eigenvalue weighted by Crippen LogP contribution is -2.25. The van der Waals surface area contributed by atoms with Gasteiger partial charge in [-0.2, -0.15) is 5.10 Å². The minimum Gasteiger partial charge on any atom is -0.255 e. The molecule has 1 aliphatic rings. The van der Waals surface area contributed by atoms with Crippen molar-refractivity contribution in [3.05, 3.63) is 65.7 Å². The summed E-state index contributed by atoms with van der Waals surface area (Å²) in [5.74, 6) is -0.0748. The van der Waals surface area contributed by atoms with Gasteiger partial charge >= 0.3 is 0 Å². The van der Waals surface area contributed by atoms with E-state index in [1.807, 2.05) is 0 Å². The maximum Gasteiger partial charge on any atom is 0.182 e. The van der Waals surface area contributed by atoms with E-state index in [-0.39, 0.29) is 11.6 Å². The second kappa shape index (κ2) is 6.05. The van der Waals surface area contributed by atoms with Crippen molar-refractivity contribution in [1.29, 1.82) is 0 Å². The highest BCUT2D eigenvalue weighted by Gasteiger charge is 2.15. The number of halogens is 2. The van der Waals surface area contributed by atoms with Gasteiger partial charge in [-0.15, -0.1) is 0 Å². The topological polar surface area (TPSA) is 36.8 Å². The van der Waals surface area contributed by atoms with Crippen molar-refractivity contribution >= 4 is 28.3 Å². The SMILES string of the molecule is Fc1ccc(N=C2NN=C(c3ccccc3F)CS2)cc1. The molecule has 0 atom stereocenters. The van der Waals surface area contributed by atoms with Crippen LogP contribution in [0.15, 0.2) is 58.6 Å². The molecule has 0 spiro atoms. The number of hydrogen-bond donors (Lipinski definition) is 1. The Morgan fingerprint density at radius 3 is 2.48 bits per heavy atom. The first-order valence-electron chi connectivity index (χ1n) is 6.27. The zero-order valence-corrected chi connectivity index (χ0v) is 11.7. The van der Waals surface area contributed by atoms with Gasteiger partial charge in [0.05, 0.1) is 11.4 Å². The molecule has 0 saturated carbocycles. The van der Waals surface area contributed by atoms with Crippen LogP contribution in [0.1, 0.15) is 5.56 Å². The normalized spacial score (nSPS) is 16.5. The summed E-state index contributed by atoms with van der Waals surface area (Å²) in [6, 6.07) is 12.4. The zero-order valence-electron chi connectivity index (χ0n) is 10.9. The molecule has 0 saturated heterocycles. The van der Waals surface area contributed by atoms with Gasteiger partial charge in [0, 0.05) is 11.3 Å². The number of aliphatic imine (C=N–C) groups is 1. The summed E-state index contributed by atoms with van der Waals surface area (Å²) in [7, 11) is 0. The van der Waals surface area contributed by atoms with Gasteiger partial charge in [0.1, 0.15) is 11.6 Å². The molecule has 2 aromatic carbocycles. The van der Waals surface area contributed by atoms with Crippen molar-refractivity contribution in [1.82, 2.24) is 5.43 Å². The number of amidine groups is 1. The lowest BCUT2D eigenvalue weighted by atomic mass is 10.1. The van der Waals surface area contributed by atoms with Gasteiger partial charge in [-0.05, 0) is 30.3 Å². The molecule has 0 unspecified atom stereocenters. The van der Waals surface area contributed by atoms with Crippen LogP contribution in [-0.4, -0.2) is 16.6 Å². The fraction of sp³-hybridized carbons (Fsp3) is 0.0667. The largest absolute Gasteiger partial charge is 0.255 e. The standard InChI is InChI=1S/C15H11F2N3S/c16-10-5-7-11(8-6-10)18-15-20-19-14(9-21-15)12-3-1-2-4-13(12)17/h1-8H,9H2,(H,18,20). The minimum atomic E-state index is -0.303. The first-order chi connectivity index (χ1) is 10.2. The van der Waals surface area contributed by atoms with Gasteiger partial charge in [-0.25, -0.2) is 13.8 Å². The third-order valence-electron chi connectivity index (χ3n) is 2.87. The van der Waals surface area contributed by atoms with E-state index in [1.165, 1.54) is 30.0 Å². The average Bonchev–Trinajstić information content (AvgIpc) is 2.51. The summed E-state index contributed by atoms with van der Waals surface area (Å²) in [5, 5.41) is 4.76. The van der Waals surface area contributed by atoms with Gasteiger partial charge in [0.15, 0.2) is 5.17 Å². The highest BCUT2D eigenvalue weighted by molar-refractivity contribution is 8.14. The van der Waals surface area contributed by atoms with Gasteiger partial charge in [0.2, 0.25) is 0 Å². The number of hydrazone groups is 1. The molecule has 0 aliphatic carbocycles. The molecular weight excluding hydrogens is 292 g/mol. The highest BCUT2D eigenvalue weighted by atomic mass is 32.2. The molecule has 1 N–H and O–H groups in total. The monoisotopic (exact) mass is 303 g/mol. The van der Waals surface area contributed by atoms with Gasteiger partial charge in [0.25, 0.3) is 0 Å². The molecule has 0 bridgehead atoms. The van der Waals surface area contributed by atoms with Gasteiger partial charge in [-0.3, -0.25) is 5.43 Å². The summed E-state index contributed by atoms with van der Waals surface area (Å²) in [5.41, 5.74) is 4.55. The Labute approximate surface area is 124 Å². The fourth-order valence-corrected chi connectivity index (χ4v) is 2.61. The van der Waals surface area contributed by atoms with E-state index in [2.05, 4.69) is 15.5 Å². The van der Waals surface area contributed by atoms with Crippen molar-refractivity contribution in [3.8, 4) is 0 Å². The molecule has 0 fully saturated rings. The first kappa shape index (κ1) is 13.8. The van der Waals surface area contributed by atoms with E-state index < -0.39 is 0 Å². The Kier molecular flexibility index (Phi) is 3.96. The Balaban J connectivity index is 1.77. The number of thioether (sulfide) groups is 1. The number of rotatable bonds is 2. The fourth-order valence-electron chi connectivity index (χ4n) is 1.84. The quantitative estimate of drug-likeness (QED) is 0.918. The van der Waals surface area contributed by atoms with Crippen LogP contribution < -0.4 is 5.43 Å². The lowest BCUT2D eigenvalue weighted by molar-refractivity contribution is 0.625. The molecule has 0 radical (unpaired) electrons. The van der Waals surface area contributed by atoms with Crippen molar-refractivity contribution in [2.45, 2.75) is 0 Å². The minimum absolute atomic E-state index is 0.294. The van der Waals surface area contributed by atoms with Crippen LogP contribution in [0.25, 0.3) is 0 Å². The molecule has 21 heavy (non-hydrogen) atoms. The predicted octanol–water partition coefficient (Wildman–Crippen LogP) is 3.69. The lowest BCUT2D eigenvalue weighted by Gasteiger charge is -2.15. The molecule has 6 heteroatoms. The summed E-state index contributed by atoms with van der Waals surface area (Å²) in [6.07, 6.45) is 0. The molecule has 3 rings (SSSR count). The van der Waals surface area contributed by atoms with Crippen molar-refractivity contribution in [2.75, 3.05) is 5.75 Å². The van der Waals surface area contributed by atoms with Crippen LogP contribution in [0, 0.1) is 11.6 Å². The number of nitrogens with one attached hydrogen (secondary N) is 1. The van der Waals surface area contributed by atoms with Crippen LogP contribution in [0.5, 0.6) is 0 Å². The van der Waals surface area contributed by atoms with E-state index in [4.69, 9.17) is 0 Å². The van der Waals surface area contributed by atoms with Gasteiger partial charge in [-0.1, -0.05) is 30.0 Å². The molecule has 106 valence electrons. The summed E-state index contributed by atoms with van der Waals surface area (Å²) in [4.78, 5) is 4.31. The molecule has 3 nitrogen and oxygen atoms in total. The maximum atomic E-state index is 13.7. The van der Waals surface area contributed by atoms with Crippen LogP contribution >= 0.6 is 11.8 Å². The number of nitrogens with zero attached hydrogens (tertiary/aromatic N) is 2. The second-order valence-electron chi connectivity index (χ2n) is 4.33. The molecule has 0 aromatic heterocycles. The molecule has 0 amide bonds. The van der Waals surface area contributed by atoms with Crippen LogP contribution in [0.2, 0.25) is 0 Å². The summed E-state index contributed by atoms with van der Waals surface area (Å²) in [6.45, 7) is 0. The smallest absolute Gasteiger partial charge is 0.182 e. The molecular formula is C15H11F2N3S. The average molecular weight is 303 g/mol. The van der Waals surface area contributed by atoms with Crippen molar-refractivity contribution < 1.29 is 8.78 Å². The van der Waals surface area contributed by atoms with E-state index in [9.17, 15) is 8.78 Å². The Bertz CT molecular complexity index is 711. The Hall–Kier alpha value is -2.21. The van der Waals surface area contributed by atoms with Crippen LogP contribution in [0.4, 0.5) is 14.5 Å². The molecule has 1 aliphatic heterocycles. The highest BCUT2D eigenvalue weighted by Crippen LogP contribution is 2.19. The van der Waals surface area contributed by atoms with E-state index >= 15 is 0 Å². The summed E-state index contributed by atoms with van der Waals surface area (Å²) < 4.78 is 26.5. The molecule has 2 aromatic rings. The van der Waals surface area contributed by atoms with Crippen LogP contribution in [0.3, 0.4) is 0 Å². The third-order valence-corrected chi connectivity index (χ3v) is 3.75. The molecule has 1 heterocycles. The van der Waals surface area contributed by atoms with E-state index in [0.717, 1.165) is 0 Å². The third kappa shape index (κ3) is 3.28. The Morgan fingerprint density at radius 1 is 1.05 bits per heavy atom. The number of benzene rings is 2. The maximum absolute atomic E-state index is 13.7. The zero-order chi connectivity index (χ0) is 14.7. The predicted molar refractivity (Wildman–Crippen MR) is 82.0 cm³/mol. The van der Waals surface area contributed by atoms with Crippen molar-refractivity contribution in [2.24, 2.45) is 10.1 Å². The first-order valence-corrected chi connectivity index (χ1v) is 7.25. The van der Waals surface area contributed by atoms with E-state index in [1.54, 1.807) is 30.3 Å². The summed E-state index contributed by atoms with van der Waals surface area (Å²) >= 11 is 1.42. The van der Waals surface area contributed by atoms with E-state index in [0.29, 0.717) is 27.9 Å². The Morgan fingerprint density at radius 2 is 1.81 bits per heavy atom. The van der Waals surface area contributed by atoms with Gasteiger partial charge < -0.3 is 0 Å². The van der Waals surface area contributed by atoms with Crippen molar-refractivity contribution in [3.63, 3.8) is 0 Å². The van der Waals surface area contributed by atoms with Crippen LogP contribution in [-0.2, 0) is 0 Å².